The van der Waals surface area contributed by atoms with Gasteiger partial charge < -0.3 is 14.7 Å². The van der Waals surface area contributed by atoms with Gasteiger partial charge in [0.05, 0.1) is 16.6 Å². The molecule has 1 aliphatic rings. The fourth-order valence-electron chi connectivity index (χ4n) is 2.67. The molecule has 1 aliphatic heterocycles. The smallest absolute Gasteiger partial charge is 0.335 e. The van der Waals surface area contributed by atoms with E-state index in [1.54, 1.807) is 4.90 Å². The minimum atomic E-state index is -1.31. The summed E-state index contributed by atoms with van der Waals surface area (Å²) in [5.41, 5.74) is -0.678. The van der Waals surface area contributed by atoms with Gasteiger partial charge in [0.2, 0.25) is 0 Å². The molecule has 2 rings (SSSR count). The Morgan fingerprint density at radius 2 is 2.04 bits per heavy atom. The number of hydrogen-bond acceptors (Lipinski definition) is 5. The van der Waals surface area contributed by atoms with Crippen LogP contribution in [0.4, 0.5) is 5.69 Å². The first kappa shape index (κ1) is 18.9. The van der Waals surface area contributed by atoms with Gasteiger partial charge in [-0.3, -0.25) is 14.9 Å². The summed E-state index contributed by atoms with van der Waals surface area (Å²) >= 11 is 0. The third-order valence-corrected chi connectivity index (χ3v) is 4.10. The van der Waals surface area contributed by atoms with Crippen molar-refractivity contribution in [2.75, 3.05) is 19.7 Å². The highest BCUT2D eigenvalue weighted by molar-refractivity contribution is 5.98. The van der Waals surface area contributed by atoms with Crippen molar-refractivity contribution in [1.29, 1.82) is 0 Å². The molecule has 8 nitrogen and oxygen atoms in total. The molecular weight excluding hydrogens is 328 g/mol. The first-order valence-electron chi connectivity index (χ1n) is 8.21. The van der Waals surface area contributed by atoms with Crippen molar-refractivity contribution >= 4 is 17.6 Å². The van der Waals surface area contributed by atoms with Gasteiger partial charge in [-0.2, -0.15) is 0 Å². The Balaban J connectivity index is 2.08. The third kappa shape index (κ3) is 4.99. The molecule has 1 aromatic carbocycles. The molecule has 1 N–H and O–H groups in total. The van der Waals surface area contributed by atoms with Gasteiger partial charge in [0.1, 0.15) is 0 Å². The number of nitro groups is 1. The van der Waals surface area contributed by atoms with Crippen LogP contribution in [-0.2, 0) is 4.74 Å². The van der Waals surface area contributed by atoms with Crippen LogP contribution in [0, 0.1) is 16.0 Å². The molecule has 1 atom stereocenters. The Hall–Kier alpha value is -2.48. The van der Waals surface area contributed by atoms with Crippen LogP contribution in [0.5, 0.6) is 0 Å². The molecule has 1 saturated heterocycles. The Kier molecular flexibility index (Phi) is 6.08. The number of rotatable bonds is 7. The molecule has 25 heavy (non-hydrogen) atoms. The first-order chi connectivity index (χ1) is 11.8. The van der Waals surface area contributed by atoms with Crippen molar-refractivity contribution in [2.24, 2.45) is 5.92 Å². The SMILES string of the molecule is CC(C)CCOC1CCN(C(=O)c2cc(C(=O)O)cc([N+](=O)[O-])c2)C1. The molecule has 1 amide bonds. The Labute approximate surface area is 145 Å². The second-order valence-corrected chi connectivity index (χ2v) is 6.55. The Morgan fingerprint density at radius 1 is 1.36 bits per heavy atom. The number of nitro benzene ring substituents is 1. The van der Waals surface area contributed by atoms with E-state index in [0.717, 1.165) is 18.6 Å². The molecule has 0 radical (unpaired) electrons. The van der Waals surface area contributed by atoms with Crippen molar-refractivity contribution in [1.82, 2.24) is 4.90 Å². The van der Waals surface area contributed by atoms with Crippen LogP contribution < -0.4 is 0 Å². The number of ether oxygens (including phenoxy) is 1. The number of carboxylic acid groups (broad SMARTS) is 1. The number of amides is 1. The number of carbonyl (C=O) groups excluding carboxylic acids is 1. The zero-order chi connectivity index (χ0) is 18.6. The number of carboxylic acids is 1. The average Bonchev–Trinajstić information content (AvgIpc) is 3.02. The maximum absolute atomic E-state index is 12.6. The lowest BCUT2D eigenvalue weighted by Crippen LogP contribution is -2.30. The lowest BCUT2D eigenvalue weighted by molar-refractivity contribution is -0.384. The summed E-state index contributed by atoms with van der Waals surface area (Å²) < 4.78 is 5.76. The Morgan fingerprint density at radius 3 is 2.64 bits per heavy atom. The normalized spacial score (nSPS) is 17.1. The maximum atomic E-state index is 12.6. The number of nitrogens with zero attached hydrogens (tertiary/aromatic N) is 2. The van der Waals surface area contributed by atoms with Crippen LogP contribution >= 0.6 is 0 Å². The number of non-ortho nitro benzene ring substituents is 1. The van der Waals surface area contributed by atoms with E-state index in [4.69, 9.17) is 9.84 Å². The summed E-state index contributed by atoms with van der Waals surface area (Å²) in [7, 11) is 0. The highest BCUT2D eigenvalue weighted by Crippen LogP contribution is 2.22. The molecule has 1 fully saturated rings. The van der Waals surface area contributed by atoms with Crippen LogP contribution in [0.2, 0.25) is 0 Å². The van der Waals surface area contributed by atoms with Gasteiger partial charge in [-0.1, -0.05) is 13.8 Å². The summed E-state index contributed by atoms with van der Waals surface area (Å²) in [6, 6.07) is 3.23. The van der Waals surface area contributed by atoms with E-state index in [0.29, 0.717) is 32.0 Å². The quantitative estimate of drug-likeness (QED) is 0.598. The number of carbonyl (C=O) groups is 2. The standard InChI is InChI=1S/C17H22N2O6/c1-11(2)4-6-25-15-3-5-18(10-15)16(20)12-7-13(17(21)22)9-14(8-12)19(23)24/h7-9,11,15H,3-6,10H2,1-2H3,(H,21,22). The summed E-state index contributed by atoms with van der Waals surface area (Å²) in [5.74, 6) is -1.19. The monoisotopic (exact) mass is 350 g/mol. The topological polar surface area (TPSA) is 110 Å². The second-order valence-electron chi connectivity index (χ2n) is 6.55. The Bertz CT molecular complexity index is 641. The molecule has 0 aromatic heterocycles. The molecule has 0 saturated carbocycles. The van der Waals surface area contributed by atoms with Crippen molar-refractivity contribution in [3.05, 3.63) is 39.4 Å². The fourth-order valence-corrected chi connectivity index (χ4v) is 2.67. The second kappa shape index (κ2) is 8.06. The minimum Gasteiger partial charge on any atom is -0.478 e. The van der Waals surface area contributed by atoms with E-state index in [1.165, 1.54) is 6.07 Å². The molecule has 1 aromatic rings. The predicted octanol–water partition coefficient (Wildman–Crippen LogP) is 2.57. The van der Waals surface area contributed by atoms with Gasteiger partial charge in [-0.25, -0.2) is 4.79 Å². The van der Waals surface area contributed by atoms with E-state index in [1.807, 2.05) is 0 Å². The van der Waals surface area contributed by atoms with Crippen LogP contribution in [0.3, 0.4) is 0 Å². The average molecular weight is 350 g/mol. The molecule has 0 aliphatic carbocycles. The van der Waals surface area contributed by atoms with E-state index in [2.05, 4.69) is 13.8 Å². The van der Waals surface area contributed by atoms with Crippen LogP contribution in [0.15, 0.2) is 18.2 Å². The highest BCUT2D eigenvalue weighted by atomic mass is 16.6. The van der Waals surface area contributed by atoms with Gasteiger partial charge in [-0.15, -0.1) is 0 Å². The lowest BCUT2D eigenvalue weighted by Gasteiger charge is -2.17. The molecule has 0 spiro atoms. The van der Waals surface area contributed by atoms with Crippen molar-refractivity contribution < 1.29 is 24.4 Å². The fraction of sp³-hybridized carbons (Fsp3) is 0.529. The van der Waals surface area contributed by atoms with Gasteiger partial charge in [-0.05, 0) is 24.8 Å². The molecule has 0 bridgehead atoms. The van der Waals surface area contributed by atoms with Gasteiger partial charge in [0, 0.05) is 37.4 Å². The summed E-state index contributed by atoms with van der Waals surface area (Å²) in [6.45, 7) is 5.73. The van der Waals surface area contributed by atoms with Gasteiger partial charge >= 0.3 is 5.97 Å². The lowest BCUT2D eigenvalue weighted by atomic mass is 10.1. The predicted molar refractivity (Wildman–Crippen MR) is 89.8 cm³/mol. The zero-order valence-corrected chi connectivity index (χ0v) is 14.3. The molecule has 1 heterocycles. The third-order valence-electron chi connectivity index (χ3n) is 4.10. The first-order valence-corrected chi connectivity index (χ1v) is 8.21. The maximum Gasteiger partial charge on any atom is 0.335 e. The van der Waals surface area contributed by atoms with Crippen LogP contribution in [0.25, 0.3) is 0 Å². The van der Waals surface area contributed by atoms with Crippen molar-refractivity contribution in [3.63, 3.8) is 0 Å². The van der Waals surface area contributed by atoms with E-state index in [-0.39, 0.29) is 17.2 Å². The molecule has 8 heteroatoms. The van der Waals surface area contributed by atoms with Crippen molar-refractivity contribution in [3.8, 4) is 0 Å². The largest absolute Gasteiger partial charge is 0.478 e. The van der Waals surface area contributed by atoms with E-state index < -0.39 is 22.5 Å². The number of aromatic carboxylic acids is 1. The molecule has 136 valence electrons. The van der Waals surface area contributed by atoms with Crippen LogP contribution in [-0.4, -0.2) is 52.6 Å². The molecule has 1 unspecified atom stereocenters. The van der Waals surface area contributed by atoms with Gasteiger partial charge in [0.25, 0.3) is 11.6 Å². The number of benzene rings is 1. The molecular formula is C17H22N2O6. The van der Waals surface area contributed by atoms with Crippen molar-refractivity contribution in [2.45, 2.75) is 32.8 Å². The highest BCUT2D eigenvalue weighted by Gasteiger charge is 2.29. The zero-order valence-electron chi connectivity index (χ0n) is 14.3. The summed E-state index contributed by atoms with van der Waals surface area (Å²) in [4.78, 5) is 35.5. The summed E-state index contributed by atoms with van der Waals surface area (Å²) in [5, 5.41) is 20.0. The van der Waals surface area contributed by atoms with E-state index >= 15 is 0 Å². The number of hydrogen-bond donors (Lipinski definition) is 1. The number of likely N-dealkylation sites (tertiary alicyclic amines) is 1. The van der Waals surface area contributed by atoms with E-state index in [9.17, 15) is 19.7 Å². The summed E-state index contributed by atoms with van der Waals surface area (Å²) in [6.07, 6.45) is 1.59. The minimum absolute atomic E-state index is 0.00873. The van der Waals surface area contributed by atoms with Crippen LogP contribution in [0.1, 0.15) is 47.4 Å². The van der Waals surface area contributed by atoms with Gasteiger partial charge in [0.15, 0.2) is 0 Å².